The fourth-order valence-electron chi connectivity index (χ4n) is 7.69. The average Bonchev–Trinajstić information content (AvgIpc) is 2.97. The third-order valence-corrected chi connectivity index (χ3v) is 10.5. The first-order valence-electron chi connectivity index (χ1n) is 16.7. The Bertz CT molecular complexity index is 1040. The molecule has 260 valence electrons. The zero-order chi connectivity index (χ0) is 33.9. The molecule has 0 aromatic heterocycles. The molecule has 4 N–H and O–H groups in total. The minimum Gasteiger partial charge on any atom is -0.459 e. The third-order valence-electron chi connectivity index (χ3n) is 10.5. The lowest BCUT2D eigenvalue weighted by atomic mass is 9.73. The maximum Gasteiger partial charge on any atom is 0.316 e. The van der Waals surface area contributed by atoms with Crippen molar-refractivity contribution in [2.45, 2.75) is 141 Å². The molecular weight excluding hydrogens is 582 g/mol. The maximum absolute atomic E-state index is 14.1. The summed E-state index contributed by atoms with van der Waals surface area (Å²) in [4.78, 5) is 29.6. The van der Waals surface area contributed by atoms with E-state index in [1.807, 2.05) is 53.6 Å². The second kappa shape index (κ2) is 15.5. The van der Waals surface area contributed by atoms with Crippen molar-refractivity contribution in [3.8, 4) is 0 Å². The molecule has 0 saturated carbocycles. The van der Waals surface area contributed by atoms with Crippen LogP contribution in [0.1, 0.15) is 87.5 Å². The lowest BCUT2D eigenvalue weighted by molar-refractivity contribution is -0.296. The number of nitrogens with one attached hydrogen (secondary N) is 1. The number of nitrogens with zero attached hydrogens (tertiary/aromatic N) is 2. The second-order valence-electron chi connectivity index (χ2n) is 14.5. The van der Waals surface area contributed by atoms with Crippen LogP contribution >= 0.6 is 0 Å². The summed E-state index contributed by atoms with van der Waals surface area (Å²) in [6, 6.07) is -0.369. The Morgan fingerprint density at radius 3 is 2.40 bits per heavy atom. The van der Waals surface area contributed by atoms with Crippen LogP contribution in [0.3, 0.4) is 0 Å². The molecular formula is C33H59N3O9. The third kappa shape index (κ3) is 8.63. The number of fused-ring (bicyclic) bond motifs is 15. The topological polar surface area (TPSA) is 159 Å². The van der Waals surface area contributed by atoms with Crippen molar-refractivity contribution in [1.29, 1.82) is 0 Å². The summed E-state index contributed by atoms with van der Waals surface area (Å²) in [5.41, 5.74) is -2.20. The molecule has 4 rings (SSSR count). The number of oxime groups is 1. The quantitative estimate of drug-likeness (QED) is 0.155. The first-order chi connectivity index (χ1) is 21.0. The predicted octanol–water partition coefficient (Wildman–Crippen LogP) is 2.75. The first kappa shape index (κ1) is 37.8. The summed E-state index contributed by atoms with van der Waals surface area (Å²) in [5, 5.41) is 40.5. The van der Waals surface area contributed by atoms with Crippen molar-refractivity contribution < 1.29 is 44.0 Å². The van der Waals surface area contributed by atoms with Crippen LogP contribution < -0.4 is 5.32 Å². The minimum atomic E-state index is -1.43. The van der Waals surface area contributed by atoms with Crippen molar-refractivity contribution in [2.75, 3.05) is 27.2 Å². The van der Waals surface area contributed by atoms with E-state index < -0.39 is 59.4 Å². The zero-order valence-electron chi connectivity index (χ0n) is 29.0. The molecule has 0 aromatic rings. The van der Waals surface area contributed by atoms with Crippen LogP contribution in [0, 0.1) is 23.7 Å². The van der Waals surface area contributed by atoms with Crippen LogP contribution in [-0.2, 0) is 28.5 Å². The van der Waals surface area contributed by atoms with Crippen LogP contribution in [0.15, 0.2) is 5.16 Å². The number of esters is 1. The lowest BCUT2D eigenvalue weighted by Crippen LogP contribution is -2.60. The normalized spacial score (nSPS) is 45.7. The van der Waals surface area contributed by atoms with Crippen molar-refractivity contribution in [1.82, 2.24) is 10.2 Å². The Balaban J connectivity index is 2.18. The van der Waals surface area contributed by atoms with E-state index in [9.17, 15) is 25.0 Å². The summed E-state index contributed by atoms with van der Waals surface area (Å²) in [7, 11) is 3.78. The molecule has 0 unspecified atom stereocenters. The van der Waals surface area contributed by atoms with E-state index in [2.05, 4.69) is 10.5 Å². The number of likely N-dealkylation sites (N-methyl/N-ethyl adjacent to an activating group) is 1. The molecule has 4 fully saturated rings. The minimum absolute atomic E-state index is 0.0449. The number of aliphatic hydroxyl groups excluding tert-OH is 1. The Morgan fingerprint density at radius 1 is 1.13 bits per heavy atom. The highest BCUT2D eigenvalue weighted by Gasteiger charge is 2.51. The van der Waals surface area contributed by atoms with Crippen molar-refractivity contribution in [3.63, 3.8) is 0 Å². The highest BCUT2D eigenvalue weighted by Crippen LogP contribution is 2.39. The number of carbonyl (C=O) groups is 2. The van der Waals surface area contributed by atoms with Crippen molar-refractivity contribution in [2.24, 2.45) is 28.8 Å². The van der Waals surface area contributed by atoms with E-state index in [1.165, 1.54) is 6.92 Å². The van der Waals surface area contributed by atoms with E-state index in [-0.39, 0.29) is 36.6 Å². The molecule has 4 heterocycles. The number of hydrogen-bond donors (Lipinski definition) is 4. The van der Waals surface area contributed by atoms with Crippen molar-refractivity contribution in [3.05, 3.63) is 0 Å². The number of rotatable bonds is 4. The summed E-state index contributed by atoms with van der Waals surface area (Å²) in [6.45, 7) is 15.1. The molecule has 12 heteroatoms. The monoisotopic (exact) mass is 641 g/mol. The van der Waals surface area contributed by atoms with Crippen LogP contribution in [-0.4, -0.2) is 119 Å². The summed E-state index contributed by atoms with van der Waals surface area (Å²) in [5.74, 6) is -3.55. The molecule has 0 aliphatic carbocycles. The molecule has 13 atom stereocenters. The number of Topliss-reactive ketones (excluding diaryl/α,β-unsaturated/α-hetero) is 1. The van der Waals surface area contributed by atoms with Gasteiger partial charge in [-0.1, -0.05) is 25.9 Å². The highest BCUT2D eigenvalue weighted by atomic mass is 16.7. The van der Waals surface area contributed by atoms with E-state index in [4.69, 9.17) is 18.9 Å². The van der Waals surface area contributed by atoms with Gasteiger partial charge >= 0.3 is 5.97 Å². The number of ketones is 1. The van der Waals surface area contributed by atoms with Gasteiger partial charge in [-0.2, -0.15) is 0 Å². The maximum atomic E-state index is 14.1. The largest absolute Gasteiger partial charge is 0.459 e. The smallest absolute Gasteiger partial charge is 0.316 e. The number of carbonyl (C=O) groups excluding carboxylic acids is 2. The lowest BCUT2D eigenvalue weighted by Gasteiger charge is -2.47. The Hall–Kier alpha value is -1.67. The fourth-order valence-corrected chi connectivity index (χ4v) is 7.69. The predicted molar refractivity (Wildman–Crippen MR) is 169 cm³/mol. The molecule has 0 spiro atoms. The summed E-state index contributed by atoms with van der Waals surface area (Å²) < 4.78 is 25.3. The summed E-state index contributed by atoms with van der Waals surface area (Å²) in [6.07, 6.45) is -2.02. The van der Waals surface area contributed by atoms with Gasteiger partial charge in [-0.25, -0.2) is 0 Å². The van der Waals surface area contributed by atoms with E-state index in [0.717, 1.165) is 0 Å². The average molecular weight is 642 g/mol. The first-order valence-corrected chi connectivity index (χ1v) is 16.7. The molecule has 45 heavy (non-hydrogen) atoms. The van der Waals surface area contributed by atoms with Gasteiger partial charge in [-0.3, -0.25) is 9.59 Å². The standard InChI is InChI=1S/C33H59N3O9/c1-11-26-33(8,40)24-13-12-23(35-41)17-42-32(7,15-19(3)34-16-18(24)2)29(21(5)27(37)22(6)30(39)44-26)45-31-28(38)25(36(9)10)14-20(4)43-31/h18-22,24-26,28-29,31,34,38,40-41H,11-17H2,1-10H3/b35-23+/t18-,19+,20+,21-,22+,24+,25-,26+,28+,29+,31-,32+,33-/m0/s1. The van der Waals surface area contributed by atoms with Crippen molar-refractivity contribution >= 4 is 17.5 Å². The van der Waals surface area contributed by atoms with Gasteiger partial charge in [-0.15, -0.1) is 0 Å². The molecule has 12 nitrogen and oxygen atoms in total. The van der Waals surface area contributed by atoms with Gasteiger partial charge < -0.3 is 44.6 Å². The Kier molecular flexibility index (Phi) is 13.0. The highest BCUT2D eigenvalue weighted by molar-refractivity contribution is 6.00. The number of aliphatic hydroxyl groups is 2. The van der Waals surface area contributed by atoms with Crippen LogP contribution in [0.5, 0.6) is 0 Å². The van der Waals surface area contributed by atoms with Gasteiger partial charge in [0.25, 0.3) is 0 Å². The fraction of sp³-hybridized carbons (Fsp3) is 0.909. The second-order valence-corrected chi connectivity index (χ2v) is 14.5. The van der Waals surface area contributed by atoms with Gasteiger partial charge in [-0.05, 0) is 99.2 Å². The van der Waals surface area contributed by atoms with Crippen LogP contribution in [0.2, 0.25) is 0 Å². The summed E-state index contributed by atoms with van der Waals surface area (Å²) >= 11 is 0. The van der Waals surface area contributed by atoms with Gasteiger partial charge in [0, 0.05) is 18.0 Å². The van der Waals surface area contributed by atoms with Crippen LogP contribution in [0.4, 0.5) is 0 Å². The van der Waals surface area contributed by atoms with Gasteiger partial charge in [0.15, 0.2) is 12.1 Å². The SMILES string of the molecule is CC[C@H]1OC(=O)[C@H](C)C(=O)[C@H](C)[C@@H](O[C@@H]2O[C@H](C)C[C@H](N(C)C)[C@H]2O)[C@@]2(C)C[C@@H](C)NC[C@H](C)[C@@H](CC/C(=N\O)CO2)[C@]1(C)O. The van der Waals surface area contributed by atoms with Crippen LogP contribution in [0.25, 0.3) is 0 Å². The molecule has 4 saturated heterocycles. The van der Waals surface area contributed by atoms with E-state index in [1.54, 1.807) is 13.8 Å². The molecule has 4 aliphatic heterocycles. The molecule has 4 aliphatic rings. The number of hydrogen-bond acceptors (Lipinski definition) is 12. The van der Waals surface area contributed by atoms with Gasteiger partial charge in [0.1, 0.15) is 23.7 Å². The van der Waals surface area contributed by atoms with E-state index >= 15 is 0 Å². The zero-order valence-corrected chi connectivity index (χ0v) is 29.0. The Morgan fingerprint density at radius 2 is 1.80 bits per heavy atom. The van der Waals surface area contributed by atoms with E-state index in [0.29, 0.717) is 44.4 Å². The van der Waals surface area contributed by atoms with Gasteiger partial charge in [0.2, 0.25) is 0 Å². The molecule has 0 aromatic carbocycles. The number of ether oxygens (including phenoxy) is 4. The molecule has 0 radical (unpaired) electrons. The van der Waals surface area contributed by atoms with Gasteiger partial charge in [0.05, 0.1) is 30.1 Å². The molecule has 2 bridgehead atoms. The molecule has 0 amide bonds. The Labute approximate surface area is 269 Å².